The molecule has 0 aliphatic carbocycles. The second-order valence-electron chi connectivity index (χ2n) is 7.11. The Bertz CT molecular complexity index is 601. The zero-order valence-electron chi connectivity index (χ0n) is 13.3. The summed E-state index contributed by atoms with van der Waals surface area (Å²) in [5, 5.41) is 0. The lowest BCUT2D eigenvalue weighted by Crippen LogP contribution is -2.48. The van der Waals surface area contributed by atoms with Crippen molar-refractivity contribution < 1.29 is 9.53 Å². The van der Waals surface area contributed by atoms with Crippen LogP contribution in [0, 0.1) is 5.41 Å². The molecule has 1 spiro atoms. The molecule has 3 aliphatic heterocycles. The van der Waals surface area contributed by atoms with Crippen molar-refractivity contribution >= 4 is 5.91 Å². The van der Waals surface area contributed by atoms with E-state index in [4.69, 9.17) is 4.74 Å². The number of amides is 1. The van der Waals surface area contributed by atoms with E-state index in [2.05, 4.69) is 23.1 Å². The van der Waals surface area contributed by atoms with Crippen molar-refractivity contribution in [1.82, 2.24) is 9.80 Å². The van der Waals surface area contributed by atoms with Gasteiger partial charge in [0.15, 0.2) is 0 Å². The number of carbonyl (C=O) groups is 1. The molecule has 4 nitrogen and oxygen atoms in total. The van der Waals surface area contributed by atoms with E-state index in [9.17, 15) is 4.79 Å². The average Bonchev–Trinajstić information content (AvgIpc) is 3.12. The Kier molecular flexibility index (Phi) is 3.37. The lowest BCUT2D eigenvalue weighted by atomic mass is 9.78. The van der Waals surface area contributed by atoms with E-state index in [0.29, 0.717) is 5.91 Å². The van der Waals surface area contributed by atoms with Crippen LogP contribution in [0.25, 0.3) is 0 Å². The van der Waals surface area contributed by atoms with Crippen molar-refractivity contribution in [2.45, 2.75) is 32.2 Å². The molecule has 1 amide bonds. The number of piperidine rings is 1. The van der Waals surface area contributed by atoms with Crippen LogP contribution in [0.1, 0.15) is 30.4 Å². The predicted octanol–water partition coefficient (Wildman–Crippen LogP) is 2.07. The molecule has 3 heterocycles. The van der Waals surface area contributed by atoms with Gasteiger partial charge in [0.2, 0.25) is 5.91 Å². The van der Waals surface area contributed by atoms with Gasteiger partial charge < -0.3 is 9.64 Å². The number of rotatable bonds is 2. The summed E-state index contributed by atoms with van der Waals surface area (Å²) >= 11 is 0. The fourth-order valence-corrected chi connectivity index (χ4v) is 4.34. The van der Waals surface area contributed by atoms with Gasteiger partial charge in [-0.25, -0.2) is 0 Å². The normalized spacial score (nSPS) is 28.2. The molecule has 0 N–H and O–H groups in total. The highest BCUT2D eigenvalue weighted by molar-refractivity contribution is 5.83. The molecular formula is C18H24N2O2. The third-order valence-corrected chi connectivity index (χ3v) is 5.54. The molecule has 1 atom stereocenters. The Balaban J connectivity index is 1.46. The minimum absolute atomic E-state index is 0.104. The summed E-state index contributed by atoms with van der Waals surface area (Å²) in [6.45, 7) is 4.64. The van der Waals surface area contributed by atoms with E-state index >= 15 is 0 Å². The molecular weight excluding hydrogens is 276 g/mol. The molecule has 3 aliphatic rings. The zero-order chi connectivity index (χ0) is 15.2. The largest absolute Gasteiger partial charge is 0.493 e. The minimum Gasteiger partial charge on any atom is -0.493 e. The smallest absolute Gasteiger partial charge is 0.229 e. The van der Waals surface area contributed by atoms with Gasteiger partial charge in [-0.2, -0.15) is 0 Å². The topological polar surface area (TPSA) is 32.8 Å². The molecule has 2 saturated heterocycles. The van der Waals surface area contributed by atoms with Crippen LogP contribution in [0.3, 0.4) is 0 Å². The highest BCUT2D eigenvalue weighted by Crippen LogP contribution is 2.40. The number of nitrogens with zero attached hydrogens (tertiary/aromatic N) is 2. The molecule has 4 rings (SSSR count). The first kappa shape index (κ1) is 14.1. The molecule has 0 radical (unpaired) electrons. The second kappa shape index (κ2) is 5.27. The predicted molar refractivity (Wildman–Crippen MR) is 84.8 cm³/mol. The first-order chi connectivity index (χ1) is 10.7. The van der Waals surface area contributed by atoms with Gasteiger partial charge in [0, 0.05) is 33.1 Å². The Morgan fingerprint density at radius 1 is 1.27 bits per heavy atom. The van der Waals surface area contributed by atoms with Crippen molar-refractivity contribution in [3.05, 3.63) is 29.3 Å². The van der Waals surface area contributed by atoms with Gasteiger partial charge in [0.25, 0.3) is 0 Å². The first-order valence-corrected chi connectivity index (χ1v) is 8.39. The number of carbonyl (C=O) groups excluding carboxylic acids is 1. The van der Waals surface area contributed by atoms with Crippen LogP contribution in [0.4, 0.5) is 0 Å². The Morgan fingerprint density at radius 2 is 2.18 bits per heavy atom. The summed E-state index contributed by atoms with van der Waals surface area (Å²) in [7, 11) is 1.95. The van der Waals surface area contributed by atoms with E-state index in [1.54, 1.807) is 0 Å². The van der Waals surface area contributed by atoms with Gasteiger partial charge >= 0.3 is 0 Å². The van der Waals surface area contributed by atoms with Crippen molar-refractivity contribution in [2.75, 3.05) is 33.3 Å². The van der Waals surface area contributed by atoms with E-state index in [1.807, 2.05) is 11.9 Å². The van der Waals surface area contributed by atoms with Crippen LogP contribution in [0.2, 0.25) is 0 Å². The standard InChI is InChI=1S/C18H24N2O2/c1-19-8-2-6-18(17(19)21)7-9-20(13-18)12-14-3-4-16-15(11-14)5-10-22-16/h3-4,11H,2,5-10,12-13H2,1H3. The van der Waals surface area contributed by atoms with E-state index in [1.165, 1.54) is 11.1 Å². The summed E-state index contributed by atoms with van der Waals surface area (Å²) in [6, 6.07) is 6.55. The van der Waals surface area contributed by atoms with Gasteiger partial charge in [-0.15, -0.1) is 0 Å². The number of hydrogen-bond donors (Lipinski definition) is 0. The number of likely N-dealkylation sites (tertiary alicyclic amines) is 2. The number of hydrogen-bond acceptors (Lipinski definition) is 3. The molecule has 118 valence electrons. The Morgan fingerprint density at radius 3 is 3.09 bits per heavy atom. The maximum absolute atomic E-state index is 12.6. The van der Waals surface area contributed by atoms with Crippen LogP contribution in [-0.2, 0) is 17.8 Å². The molecule has 1 aromatic carbocycles. The monoisotopic (exact) mass is 300 g/mol. The maximum Gasteiger partial charge on any atom is 0.229 e. The van der Waals surface area contributed by atoms with Crippen LogP contribution in [-0.4, -0.2) is 49.0 Å². The van der Waals surface area contributed by atoms with E-state index in [0.717, 1.165) is 64.2 Å². The molecule has 0 saturated carbocycles. The van der Waals surface area contributed by atoms with E-state index in [-0.39, 0.29) is 5.41 Å². The van der Waals surface area contributed by atoms with Gasteiger partial charge in [-0.1, -0.05) is 12.1 Å². The van der Waals surface area contributed by atoms with Gasteiger partial charge in [0.1, 0.15) is 5.75 Å². The fourth-order valence-electron chi connectivity index (χ4n) is 4.34. The second-order valence-corrected chi connectivity index (χ2v) is 7.11. The zero-order valence-corrected chi connectivity index (χ0v) is 13.3. The Hall–Kier alpha value is -1.55. The molecule has 1 aromatic rings. The highest BCUT2D eigenvalue weighted by atomic mass is 16.5. The highest BCUT2D eigenvalue weighted by Gasteiger charge is 2.47. The minimum atomic E-state index is -0.104. The van der Waals surface area contributed by atoms with Crippen LogP contribution >= 0.6 is 0 Å². The summed E-state index contributed by atoms with van der Waals surface area (Å²) in [5.41, 5.74) is 2.57. The lowest BCUT2D eigenvalue weighted by molar-refractivity contribution is -0.143. The maximum atomic E-state index is 12.6. The van der Waals surface area contributed by atoms with Crippen LogP contribution in [0.5, 0.6) is 5.75 Å². The molecule has 1 unspecified atom stereocenters. The molecule has 4 heteroatoms. The summed E-state index contributed by atoms with van der Waals surface area (Å²) in [5.74, 6) is 1.41. The molecule has 0 bridgehead atoms. The summed E-state index contributed by atoms with van der Waals surface area (Å²) in [6.07, 6.45) is 4.25. The quantitative estimate of drug-likeness (QED) is 0.838. The lowest BCUT2D eigenvalue weighted by Gasteiger charge is -2.37. The molecule has 0 aromatic heterocycles. The fraction of sp³-hybridized carbons (Fsp3) is 0.611. The molecule has 22 heavy (non-hydrogen) atoms. The first-order valence-electron chi connectivity index (χ1n) is 8.39. The number of ether oxygens (including phenoxy) is 1. The van der Waals surface area contributed by atoms with Crippen molar-refractivity contribution in [3.8, 4) is 5.75 Å². The van der Waals surface area contributed by atoms with E-state index < -0.39 is 0 Å². The van der Waals surface area contributed by atoms with Crippen molar-refractivity contribution in [1.29, 1.82) is 0 Å². The van der Waals surface area contributed by atoms with Crippen molar-refractivity contribution in [3.63, 3.8) is 0 Å². The third-order valence-electron chi connectivity index (χ3n) is 5.54. The van der Waals surface area contributed by atoms with Gasteiger partial charge in [-0.05, 0) is 43.0 Å². The van der Waals surface area contributed by atoms with Crippen LogP contribution in [0.15, 0.2) is 18.2 Å². The van der Waals surface area contributed by atoms with Gasteiger partial charge in [0.05, 0.1) is 12.0 Å². The number of fused-ring (bicyclic) bond motifs is 1. The Labute approximate surface area is 132 Å². The third kappa shape index (κ3) is 2.30. The summed E-state index contributed by atoms with van der Waals surface area (Å²) in [4.78, 5) is 17.0. The SMILES string of the molecule is CN1CCCC2(CCN(Cc3ccc4c(c3)CCO4)C2)C1=O. The van der Waals surface area contributed by atoms with Crippen molar-refractivity contribution in [2.24, 2.45) is 5.41 Å². The van der Waals surface area contributed by atoms with Crippen LogP contribution < -0.4 is 4.74 Å². The average molecular weight is 300 g/mol. The van der Waals surface area contributed by atoms with Gasteiger partial charge in [-0.3, -0.25) is 9.69 Å². The summed E-state index contributed by atoms with van der Waals surface area (Å²) < 4.78 is 5.58. The molecule has 2 fully saturated rings. The number of benzene rings is 1.